The van der Waals surface area contributed by atoms with E-state index in [1.165, 1.54) is 0 Å². The number of rotatable bonds is 3. The Bertz CT molecular complexity index is 234. The standard InChI is InChI=1S/C8H11F3O3/c9-8(10,11)7(14,4-6(12)13)5-2-1-3-5/h5,14H,1-4H2,(H,12,13). The molecule has 0 bridgehead atoms. The van der Waals surface area contributed by atoms with Crippen molar-refractivity contribution in [2.24, 2.45) is 5.92 Å². The zero-order valence-corrected chi connectivity index (χ0v) is 7.34. The van der Waals surface area contributed by atoms with Crippen molar-refractivity contribution in [1.29, 1.82) is 0 Å². The van der Waals surface area contributed by atoms with Gasteiger partial charge in [0.05, 0.1) is 6.42 Å². The van der Waals surface area contributed by atoms with E-state index in [9.17, 15) is 23.1 Å². The number of aliphatic hydroxyl groups is 1. The molecule has 3 nitrogen and oxygen atoms in total. The average Bonchev–Trinajstić information content (AvgIpc) is 1.76. The van der Waals surface area contributed by atoms with E-state index >= 15 is 0 Å². The highest BCUT2D eigenvalue weighted by molar-refractivity contribution is 5.68. The van der Waals surface area contributed by atoms with Crippen LogP contribution in [0.3, 0.4) is 0 Å². The van der Waals surface area contributed by atoms with E-state index in [4.69, 9.17) is 5.11 Å². The average molecular weight is 212 g/mol. The number of carboxylic acid groups (broad SMARTS) is 1. The zero-order chi connectivity index (χ0) is 11.0. The Hall–Kier alpha value is -0.780. The molecular weight excluding hydrogens is 201 g/mol. The first-order valence-electron chi connectivity index (χ1n) is 4.28. The summed E-state index contributed by atoms with van der Waals surface area (Å²) in [6.45, 7) is 0. The predicted molar refractivity (Wildman–Crippen MR) is 40.6 cm³/mol. The number of carbonyl (C=O) groups is 1. The van der Waals surface area contributed by atoms with Crippen molar-refractivity contribution in [2.75, 3.05) is 0 Å². The van der Waals surface area contributed by atoms with Gasteiger partial charge in [-0.3, -0.25) is 4.79 Å². The summed E-state index contributed by atoms with van der Waals surface area (Å²) in [5.74, 6) is -2.59. The Morgan fingerprint density at radius 1 is 1.36 bits per heavy atom. The maximum atomic E-state index is 12.4. The van der Waals surface area contributed by atoms with E-state index in [0.717, 1.165) is 0 Å². The van der Waals surface area contributed by atoms with Crippen molar-refractivity contribution < 1.29 is 28.2 Å². The maximum Gasteiger partial charge on any atom is 0.418 e. The Balaban J connectivity index is 2.83. The fourth-order valence-electron chi connectivity index (χ4n) is 1.59. The van der Waals surface area contributed by atoms with Crippen molar-refractivity contribution in [2.45, 2.75) is 37.5 Å². The van der Waals surface area contributed by atoms with Gasteiger partial charge in [0.1, 0.15) is 0 Å². The molecule has 1 aliphatic carbocycles. The van der Waals surface area contributed by atoms with E-state index in [-0.39, 0.29) is 12.8 Å². The summed E-state index contributed by atoms with van der Waals surface area (Å²) >= 11 is 0. The van der Waals surface area contributed by atoms with Crippen molar-refractivity contribution in [3.63, 3.8) is 0 Å². The lowest BCUT2D eigenvalue weighted by molar-refractivity contribution is -0.289. The van der Waals surface area contributed by atoms with Crippen LogP contribution in [-0.4, -0.2) is 28.0 Å². The Kier molecular flexibility index (Phi) is 2.76. The molecule has 0 heterocycles. The molecule has 1 saturated carbocycles. The summed E-state index contributed by atoms with van der Waals surface area (Å²) in [5, 5.41) is 17.7. The lowest BCUT2D eigenvalue weighted by Crippen LogP contribution is -2.54. The Labute approximate surface area is 78.5 Å². The summed E-state index contributed by atoms with van der Waals surface area (Å²) in [7, 11) is 0. The number of hydrogen-bond acceptors (Lipinski definition) is 2. The van der Waals surface area contributed by atoms with Crippen molar-refractivity contribution in [3.05, 3.63) is 0 Å². The second-order valence-electron chi connectivity index (χ2n) is 3.62. The molecule has 0 spiro atoms. The fraction of sp³-hybridized carbons (Fsp3) is 0.875. The first-order chi connectivity index (χ1) is 6.27. The number of carboxylic acids is 1. The van der Waals surface area contributed by atoms with Gasteiger partial charge in [-0.25, -0.2) is 0 Å². The highest BCUT2D eigenvalue weighted by atomic mass is 19.4. The second kappa shape index (κ2) is 3.42. The van der Waals surface area contributed by atoms with Crippen LogP contribution in [0.1, 0.15) is 25.7 Å². The molecule has 1 atom stereocenters. The third-order valence-corrected chi connectivity index (χ3v) is 2.69. The minimum atomic E-state index is -4.86. The second-order valence-corrected chi connectivity index (χ2v) is 3.62. The van der Waals surface area contributed by atoms with Gasteiger partial charge in [-0.2, -0.15) is 13.2 Å². The largest absolute Gasteiger partial charge is 0.481 e. The first-order valence-corrected chi connectivity index (χ1v) is 4.28. The lowest BCUT2D eigenvalue weighted by atomic mass is 9.71. The third-order valence-electron chi connectivity index (χ3n) is 2.69. The number of aliphatic carboxylic acids is 1. The van der Waals surface area contributed by atoms with Crippen molar-refractivity contribution in [1.82, 2.24) is 0 Å². The molecule has 1 fully saturated rings. The van der Waals surface area contributed by atoms with Crippen LogP contribution in [-0.2, 0) is 4.79 Å². The maximum absolute atomic E-state index is 12.4. The van der Waals surface area contributed by atoms with Crippen molar-refractivity contribution in [3.8, 4) is 0 Å². The summed E-state index contributed by atoms with van der Waals surface area (Å²) in [5.41, 5.74) is -3.04. The monoisotopic (exact) mass is 212 g/mol. The lowest BCUT2D eigenvalue weighted by Gasteiger charge is -2.41. The molecule has 1 unspecified atom stereocenters. The van der Waals surface area contributed by atoms with Gasteiger partial charge in [-0.05, 0) is 18.8 Å². The van der Waals surface area contributed by atoms with Gasteiger partial charge in [0.25, 0.3) is 0 Å². The molecule has 82 valence electrons. The van der Waals surface area contributed by atoms with E-state index in [2.05, 4.69) is 0 Å². The van der Waals surface area contributed by atoms with Gasteiger partial charge in [0.15, 0.2) is 5.60 Å². The van der Waals surface area contributed by atoms with E-state index in [1.54, 1.807) is 0 Å². The number of hydrogen-bond donors (Lipinski definition) is 2. The van der Waals surface area contributed by atoms with E-state index < -0.39 is 30.1 Å². The smallest absolute Gasteiger partial charge is 0.418 e. The third kappa shape index (κ3) is 1.84. The van der Waals surface area contributed by atoms with Gasteiger partial charge >= 0.3 is 12.1 Å². The predicted octanol–water partition coefficient (Wildman–Crippen LogP) is 1.55. The van der Waals surface area contributed by atoms with E-state index in [0.29, 0.717) is 6.42 Å². The number of halogens is 3. The fourth-order valence-corrected chi connectivity index (χ4v) is 1.59. The topological polar surface area (TPSA) is 57.5 Å². The van der Waals surface area contributed by atoms with Crippen LogP contribution in [0.5, 0.6) is 0 Å². The molecule has 0 saturated heterocycles. The molecular formula is C8H11F3O3. The summed E-state index contributed by atoms with van der Waals surface area (Å²) in [4.78, 5) is 10.2. The van der Waals surface area contributed by atoms with Gasteiger partial charge in [-0.1, -0.05) is 6.42 Å². The first kappa shape index (κ1) is 11.3. The molecule has 6 heteroatoms. The molecule has 1 rings (SSSR count). The van der Waals surface area contributed by atoms with Crippen LogP contribution in [0.4, 0.5) is 13.2 Å². The van der Waals surface area contributed by atoms with Crippen LogP contribution >= 0.6 is 0 Å². The minimum absolute atomic E-state index is 0.239. The highest BCUT2D eigenvalue weighted by Gasteiger charge is 2.60. The van der Waals surface area contributed by atoms with Crippen molar-refractivity contribution >= 4 is 5.97 Å². The van der Waals surface area contributed by atoms with Gasteiger partial charge < -0.3 is 10.2 Å². The normalized spacial score (nSPS) is 22.6. The molecule has 0 aromatic carbocycles. The summed E-state index contributed by atoms with van der Waals surface area (Å²) in [6.07, 6.45) is -5.03. The van der Waals surface area contributed by atoms with E-state index in [1.807, 2.05) is 0 Å². The quantitative estimate of drug-likeness (QED) is 0.746. The van der Waals surface area contributed by atoms with Gasteiger partial charge in [0, 0.05) is 0 Å². The minimum Gasteiger partial charge on any atom is -0.481 e. The number of alkyl halides is 3. The SMILES string of the molecule is O=C(O)CC(O)(C1CCC1)C(F)(F)F. The highest BCUT2D eigenvalue weighted by Crippen LogP contribution is 2.47. The Morgan fingerprint density at radius 3 is 2.07 bits per heavy atom. The molecule has 0 aromatic heterocycles. The molecule has 0 radical (unpaired) electrons. The summed E-state index contributed by atoms with van der Waals surface area (Å²) < 4.78 is 37.3. The summed E-state index contributed by atoms with van der Waals surface area (Å²) in [6, 6.07) is 0. The van der Waals surface area contributed by atoms with Crippen LogP contribution in [0.25, 0.3) is 0 Å². The Morgan fingerprint density at radius 2 is 1.86 bits per heavy atom. The molecule has 0 aliphatic heterocycles. The van der Waals surface area contributed by atoms with Crippen LogP contribution in [0, 0.1) is 5.92 Å². The zero-order valence-electron chi connectivity index (χ0n) is 7.34. The van der Waals surface area contributed by atoms with Gasteiger partial charge in [0.2, 0.25) is 0 Å². The molecule has 1 aliphatic rings. The van der Waals surface area contributed by atoms with Crippen LogP contribution in [0.15, 0.2) is 0 Å². The van der Waals surface area contributed by atoms with Crippen LogP contribution < -0.4 is 0 Å². The molecule has 2 N–H and O–H groups in total. The van der Waals surface area contributed by atoms with Gasteiger partial charge in [-0.15, -0.1) is 0 Å². The molecule has 0 amide bonds. The molecule has 0 aromatic rings. The molecule has 14 heavy (non-hydrogen) atoms. The van der Waals surface area contributed by atoms with Crippen LogP contribution in [0.2, 0.25) is 0 Å².